The number of methoxy groups -OCH3 is 2. The Bertz CT molecular complexity index is 1450. The van der Waals surface area contributed by atoms with Gasteiger partial charge in [-0.05, 0) is 29.3 Å². The fourth-order valence-corrected chi connectivity index (χ4v) is 3.97. The molecule has 1 heterocycles. The van der Waals surface area contributed by atoms with Gasteiger partial charge < -0.3 is 19.4 Å². The van der Waals surface area contributed by atoms with Crippen molar-refractivity contribution in [2.24, 2.45) is 0 Å². The van der Waals surface area contributed by atoms with E-state index < -0.39 is 11.3 Å². The molecule has 0 aliphatic carbocycles. The first-order valence-electron chi connectivity index (χ1n) is 10.9. The van der Waals surface area contributed by atoms with Crippen molar-refractivity contribution in [1.82, 2.24) is 9.88 Å². The number of amides is 1. The third kappa shape index (κ3) is 5.36. The van der Waals surface area contributed by atoms with Crippen molar-refractivity contribution in [2.75, 3.05) is 14.2 Å². The number of fused-ring (bicyclic) bond motifs is 1. The van der Waals surface area contributed by atoms with E-state index in [1.54, 1.807) is 28.8 Å². The maximum atomic E-state index is 13.4. The van der Waals surface area contributed by atoms with Crippen LogP contribution in [0.3, 0.4) is 0 Å². The third-order valence-corrected chi connectivity index (χ3v) is 5.84. The lowest BCUT2D eigenvalue weighted by molar-refractivity contribution is 0.0974. The molecule has 0 spiro atoms. The summed E-state index contributed by atoms with van der Waals surface area (Å²) in [6.45, 7) is 0.380. The van der Waals surface area contributed by atoms with Crippen molar-refractivity contribution < 1.29 is 14.3 Å². The van der Waals surface area contributed by atoms with E-state index in [0.29, 0.717) is 34.0 Å². The summed E-state index contributed by atoms with van der Waals surface area (Å²) in [6.07, 6.45) is 1.75. The zero-order valence-corrected chi connectivity index (χ0v) is 20.1. The van der Waals surface area contributed by atoms with Crippen LogP contribution in [0.5, 0.6) is 11.5 Å². The summed E-state index contributed by atoms with van der Waals surface area (Å²) in [5.74, 6) is 0.199. The topological polar surface area (TPSA) is 93.4 Å². The van der Waals surface area contributed by atoms with Crippen molar-refractivity contribution in [1.29, 1.82) is 5.41 Å². The molecule has 0 atom stereocenters. The molecule has 0 aliphatic heterocycles. The number of halogens is 1. The molecule has 0 bridgehead atoms. The average Bonchev–Trinajstić information content (AvgIpc) is 2.86. The first-order valence-corrected chi connectivity index (χ1v) is 11.2. The Morgan fingerprint density at radius 1 is 0.971 bits per heavy atom. The van der Waals surface area contributed by atoms with Gasteiger partial charge in [0.25, 0.3) is 5.91 Å². The van der Waals surface area contributed by atoms with Crippen LogP contribution in [-0.4, -0.2) is 30.5 Å². The van der Waals surface area contributed by atoms with Gasteiger partial charge in [0.2, 0.25) is 5.43 Å². The minimum absolute atomic E-state index is 0.00254. The number of ether oxygens (including phenoxy) is 2. The molecular formula is C27H24ClN3O4. The Kier molecular flexibility index (Phi) is 7.17. The number of pyridine rings is 1. The third-order valence-electron chi connectivity index (χ3n) is 5.58. The van der Waals surface area contributed by atoms with Crippen LogP contribution in [0.15, 0.2) is 77.7 Å². The van der Waals surface area contributed by atoms with E-state index in [9.17, 15) is 9.59 Å². The van der Waals surface area contributed by atoms with E-state index in [4.69, 9.17) is 26.5 Å². The second-order valence-electron chi connectivity index (χ2n) is 7.95. The lowest BCUT2D eigenvalue weighted by Gasteiger charge is -2.16. The predicted molar refractivity (Wildman–Crippen MR) is 137 cm³/mol. The zero-order valence-electron chi connectivity index (χ0n) is 19.3. The summed E-state index contributed by atoms with van der Waals surface area (Å²) in [6, 6.07) is 20.0. The normalized spacial score (nSPS) is 10.7. The first kappa shape index (κ1) is 24.0. The summed E-state index contributed by atoms with van der Waals surface area (Å²) in [4.78, 5) is 26.5. The number of aromatic nitrogens is 1. The molecule has 178 valence electrons. The highest BCUT2D eigenvalue weighted by Crippen LogP contribution is 2.31. The van der Waals surface area contributed by atoms with Crippen LogP contribution in [0.2, 0.25) is 5.02 Å². The molecule has 1 amide bonds. The number of rotatable bonds is 7. The molecule has 0 saturated carbocycles. The number of carbonyl (C=O) groups is 1. The van der Waals surface area contributed by atoms with Crippen molar-refractivity contribution in [3.63, 3.8) is 0 Å². The smallest absolute Gasteiger partial charge is 0.262 e. The van der Waals surface area contributed by atoms with Gasteiger partial charge in [-0.25, -0.2) is 0 Å². The highest BCUT2D eigenvalue weighted by atomic mass is 35.5. The minimum Gasteiger partial charge on any atom is -0.493 e. The van der Waals surface area contributed by atoms with Crippen molar-refractivity contribution in [3.8, 4) is 11.5 Å². The molecule has 4 aromatic rings. The number of nitrogens with one attached hydrogen (secondary N) is 2. The maximum Gasteiger partial charge on any atom is 0.262 e. The SMILES string of the molecule is COc1cc2c(=O)c(C(=O)NC(=N)Cc3ccccc3)cn(Cc3ccc(Cl)cc3)c2cc1OC. The summed E-state index contributed by atoms with van der Waals surface area (Å²) in [5.41, 5.74) is 1.86. The molecule has 0 aliphatic rings. The van der Waals surface area contributed by atoms with Gasteiger partial charge in [0, 0.05) is 30.3 Å². The van der Waals surface area contributed by atoms with Crippen LogP contribution >= 0.6 is 11.6 Å². The van der Waals surface area contributed by atoms with Crippen molar-refractivity contribution in [2.45, 2.75) is 13.0 Å². The molecule has 0 radical (unpaired) electrons. The summed E-state index contributed by atoms with van der Waals surface area (Å²) in [5, 5.41) is 11.7. The molecule has 1 aromatic heterocycles. The quantitative estimate of drug-likeness (QED) is 0.291. The van der Waals surface area contributed by atoms with Gasteiger partial charge in [-0.2, -0.15) is 0 Å². The van der Waals surface area contributed by atoms with Crippen LogP contribution in [0.1, 0.15) is 21.5 Å². The minimum atomic E-state index is -0.641. The van der Waals surface area contributed by atoms with Gasteiger partial charge in [-0.3, -0.25) is 15.0 Å². The Labute approximate surface area is 207 Å². The largest absolute Gasteiger partial charge is 0.493 e. The fourth-order valence-electron chi connectivity index (χ4n) is 3.84. The highest BCUT2D eigenvalue weighted by molar-refractivity contribution is 6.30. The predicted octanol–water partition coefficient (Wildman–Crippen LogP) is 4.67. The zero-order chi connectivity index (χ0) is 24.9. The van der Waals surface area contributed by atoms with E-state index in [0.717, 1.165) is 11.1 Å². The van der Waals surface area contributed by atoms with Crippen molar-refractivity contribution >= 4 is 34.2 Å². The number of amidine groups is 1. The van der Waals surface area contributed by atoms with Crippen LogP contribution in [0.25, 0.3) is 10.9 Å². The standard InChI is InChI=1S/C27H24ClN3O4/c1-34-23-13-20-22(14-24(23)35-2)31(15-18-8-10-19(28)11-9-18)16-21(26(20)32)27(33)30-25(29)12-17-6-4-3-5-7-17/h3-11,13-14,16H,12,15H2,1-2H3,(H2,29,30,33). The highest BCUT2D eigenvalue weighted by Gasteiger charge is 2.19. The second-order valence-corrected chi connectivity index (χ2v) is 8.38. The Balaban J connectivity index is 1.76. The van der Waals surface area contributed by atoms with Gasteiger partial charge in [-0.15, -0.1) is 0 Å². The molecule has 0 saturated heterocycles. The molecule has 7 nitrogen and oxygen atoms in total. The maximum absolute atomic E-state index is 13.4. The molecule has 3 aromatic carbocycles. The Hall–Kier alpha value is -4.10. The van der Waals surface area contributed by atoms with Gasteiger partial charge in [0.15, 0.2) is 11.5 Å². The van der Waals surface area contributed by atoms with Gasteiger partial charge in [0.05, 0.1) is 25.1 Å². The Morgan fingerprint density at radius 2 is 1.63 bits per heavy atom. The van der Waals surface area contributed by atoms with E-state index in [1.165, 1.54) is 20.4 Å². The van der Waals surface area contributed by atoms with Crippen LogP contribution in [-0.2, 0) is 13.0 Å². The molecule has 0 fully saturated rings. The summed E-state index contributed by atoms with van der Waals surface area (Å²) < 4.78 is 12.6. The van der Waals surface area contributed by atoms with Crippen LogP contribution in [0, 0.1) is 5.41 Å². The monoisotopic (exact) mass is 489 g/mol. The van der Waals surface area contributed by atoms with Gasteiger partial charge in [0.1, 0.15) is 11.4 Å². The first-order chi connectivity index (χ1) is 16.9. The molecule has 35 heavy (non-hydrogen) atoms. The number of carbonyl (C=O) groups excluding carboxylic acids is 1. The summed E-state index contributed by atoms with van der Waals surface area (Å²) >= 11 is 6.03. The summed E-state index contributed by atoms with van der Waals surface area (Å²) in [7, 11) is 3.00. The van der Waals surface area contributed by atoms with Gasteiger partial charge >= 0.3 is 0 Å². The number of hydrogen-bond donors (Lipinski definition) is 2. The lowest BCUT2D eigenvalue weighted by atomic mass is 10.1. The van der Waals surface area contributed by atoms with E-state index in [2.05, 4.69) is 5.32 Å². The molecule has 0 unspecified atom stereocenters. The van der Waals surface area contributed by atoms with E-state index >= 15 is 0 Å². The van der Waals surface area contributed by atoms with Crippen LogP contribution < -0.4 is 20.2 Å². The Morgan fingerprint density at radius 3 is 2.29 bits per heavy atom. The van der Waals surface area contributed by atoms with E-state index in [1.807, 2.05) is 42.5 Å². The number of hydrogen-bond acceptors (Lipinski definition) is 5. The number of nitrogens with zero attached hydrogens (tertiary/aromatic N) is 1. The van der Waals surface area contributed by atoms with Gasteiger partial charge in [-0.1, -0.05) is 54.1 Å². The van der Waals surface area contributed by atoms with Crippen LogP contribution in [0.4, 0.5) is 0 Å². The lowest BCUT2D eigenvalue weighted by Crippen LogP contribution is -2.35. The van der Waals surface area contributed by atoms with Crippen molar-refractivity contribution in [3.05, 3.63) is 105 Å². The fraction of sp³-hybridized carbons (Fsp3) is 0.148. The molecule has 8 heteroatoms. The molecule has 4 rings (SSSR count). The average molecular weight is 490 g/mol. The number of benzene rings is 3. The molecular weight excluding hydrogens is 466 g/mol. The van der Waals surface area contributed by atoms with E-state index in [-0.39, 0.29) is 17.8 Å². The second kappa shape index (κ2) is 10.4. The molecule has 2 N–H and O–H groups in total.